The molecular formula is C7H20O2. The molecule has 0 spiro atoms. The van der Waals surface area contributed by atoms with Gasteiger partial charge in [0, 0.05) is 13.7 Å². The van der Waals surface area contributed by atoms with E-state index in [0.717, 1.165) is 13.0 Å². The van der Waals surface area contributed by atoms with Crippen molar-refractivity contribution in [3.8, 4) is 0 Å². The third-order valence-electron chi connectivity index (χ3n) is 0.550. The maximum absolute atomic E-state index is 4.91. The fourth-order valence-electron chi connectivity index (χ4n) is 0.287. The first-order valence-electron chi connectivity index (χ1n) is 2.48. The van der Waals surface area contributed by atoms with Crippen LogP contribution in [0.3, 0.4) is 0 Å². The minimum Gasteiger partial charge on any atom is -0.359 e. The van der Waals surface area contributed by atoms with Gasteiger partial charge < -0.3 is 9.47 Å². The van der Waals surface area contributed by atoms with Gasteiger partial charge in [0.2, 0.25) is 0 Å². The molecule has 0 N–H and O–H groups in total. The van der Waals surface area contributed by atoms with Crippen molar-refractivity contribution in [1.29, 1.82) is 0 Å². The summed E-state index contributed by atoms with van der Waals surface area (Å²) in [6, 6.07) is 0. The molecule has 0 aromatic rings. The van der Waals surface area contributed by atoms with Gasteiger partial charge in [-0.2, -0.15) is 0 Å². The Morgan fingerprint density at radius 2 is 1.78 bits per heavy atom. The van der Waals surface area contributed by atoms with Crippen LogP contribution in [0.15, 0.2) is 0 Å². The van der Waals surface area contributed by atoms with Crippen molar-refractivity contribution in [2.45, 2.75) is 28.2 Å². The third kappa shape index (κ3) is 18.1. The summed E-state index contributed by atoms with van der Waals surface area (Å²) in [5, 5.41) is 0. The molecule has 2 nitrogen and oxygen atoms in total. The van der Waals surface area contributed by atoms with Crippen molar-refractivity contribution in [3.05, 3.63) is 0 Å². The van der Waals surface area contributed by atoms with Gasteiger partial charge >= 0.3 is 0 Å². The number of methoxy groups -OCH3 is 1. The van der Waals surface area contributed by atoms with Gasteiger partial charge in [0.05, 0.1) is 0 Å². The largest absolute Gasteiger partial charge is 0.359 e. The van der Waals surface area contributed by atoms with Crippen LogP contribution in [0.5, 0.6) is 0 Å². The maximum atomic E-state index is 4.91. The summed E-state index contributed by atoms with van der Waals surface area (Å²) in [6.45, 7) is 3.29. The van der Waals surface area contributed by atoms with Crippen LogP contribution in [-0.2, 0) is 9.47 Å². The second-order valence-corrected chi connectivity index (χ2v) is 1.31. The predicted molar refractivity (Wildman–Crippen MR) is 41.6 cm³/mol. The van der Waals surface area contributed by atoms with Gasteiger partial charge in [0.25, 0.3) is 0 Å². The molecule has 0 aromatic heterocycles. The summed E-state index contributed by atoms with van der Waals surface area (Å²) in [5.74, 6) is 0. The van der Waals surface area contributed by atoms with Crippen LogP contribution in [0.2, 0.25) is 0 Å². The second-order valence-electron chi connectivity index (χ2n) is 1.31. The topological polar surface area (TPSA) is 18.5 Å². The molecule has 0 unspecified atom stereocenters. The summed E-state index contributed by atoms with van der Waals surface area (Å²) in [7, 11) is 1.62. The number of rotatable bonds is 4. The highest BCUT2D eigenvalue weighted by molar-refractivity contribution is 4.17. The first-order valence-corrected chi connectivity index (χ1v) is 2.48. The minimum atomic E-state index is 0. The Labute approximate surface area is 59.2 Å². The van der Waals surface area contributed by atoms with E-state index in [0.29, 0.717) is 6.79 Å². The lowest BCUT2D eigenvalue weighted by molar-refractivity contribution is -0.0300. The average molecular weight is 136 g/mol. The van der Waals surface area contributed by atoms with Crippen LogP contribution >= 0.6 is 0 Å². The van der Waals surface area contributed by atoms with Crippen LogP contribution in [0, 0.1) is 0 Å². The van der Waals surface area contributed by atoms with E-state index in [-0.39, 0.29) is 14.9 Å². The summed E-state index contributed by atoms with van der Waals surface area (Å²) in [6.07, 6.45) is 1.06. The van der Waals surface area contributed by atoms with E-state index in [2.05, 4.69) is 11.7 Å². The first kappa shape index (κ1) is 16.0. The van der Waals surface area contributed by atoms with Crippen molar-refractivity contribution in [3.63, 3.8) is 0 Å². The summed E-state index contributed by atoms with van der Waals surface area (Å²) in [4.78, 5) is 0. The van der Waals surface area contributed by atoms with Crippen molar-refractivity contribution in [2.24, 2.45) is 0 Å². The monoisotopic (exact) mass is 136 g/mol. The zero-order chi connectivity index (χ0) is 5.54. The highest BCUT2D eigenvalue weighted by atomic mass is 16.7. The molecule has 0 saturated carbocycles. The Kier molecular flexibility index (Phi) is 27.8. The van der Waals surface area contributed by atoms with E-state index in [9.17, 15) is 0 Å². The highest BCUT2D eigenvalue weighted by Gasteiger charge is 1.77. The van der Waals surface area contributed by atoms with Crippen LogP contribution in [-0.4, -0.2) is 20.5 Å². The van der Waals surface area contributed by atoms with Crippen molar-refractivity contribution in [2.75, 3.05) is 20.5 Å². The molecule has 0 aliphatic carbocycles. The van der Waals surface area contributed by atoms with Gasteiger partial charge in [-0.05, 0) is 6.42 Å². The average Bonchev–Trinajstić information content (AvgIpc) is 1.69. The highest BCUT2D eigenvalue weighted by Crippen LogP contribution is 1.77. The Morgan fingerprint density at radius 3 is 2.11 bits per heavy atom. The van der Waals surface area contributed by atoms with E-state index in [1.54, 1.807) is 7.11 Å². The number of ether oxygens (including phenoxy) is 2. The fourth-order valence-corrected chi connectivity index (χ4v) is 0.287. The quantitative estimate of drug-likeness (QED) is 0.436. The molecule has 0 aliphatic rings. The Morgan fingerprint density at radius 1 is 1.22 bits per heavy atom. The van der Waals surface area contributed by atoms with Gasteiger partial charge in [-0.3, -0.25) is 0 Å². The lowest BCUT2D eigenvalue weighted by Gasteiger charge is -1.96. The van der Waals surface area contributed by atoms with E-state index in [1.807, 2.05) is 0 Å². The molecule has 0 bridgehead atoms. The standard InChI is InChI=1S/C5H12O2.2CH4/c1-3-4-7-5-6-2;;/h3-5H2,1-2H3;2*1H4. The van der Waals surface area contributed by atoms with E-state index in [1.165, 1.54) is 0 Å². The number of hydrogen-bond donors (Lipinski definition) is 0. The van der Waals surface area contributed by atoms with Crippen molar-refractivity contribution >= 4 is 0 Å². The van der Waals surface area contributed by atoms with Gasteiger partial charge in [-0.1, -0.05) is 21.8 Å². The molecule has 0 aromatic carbocycles. The van der Waals surface area contributed by atoms with Crippen LogP contribution in [0.4, 0.5) is 0 Å². The van der Waals surface area contributed by atoms with E-state index >= 15 is 0 Å². The lowest BCUT2D eigenvalue weighted by atomic mass is 10.5. The minimum absolute atomic E-state index is 0. The Bertz CT molecular complexity index is 26.1. The normalized spacial score (nSPS) is 7.33. The maximum Gasteiger partial charge on any atom is 0.146 e. The zero-order valence-electron chi connectivity index (χ0n) is 4.94. The fraction of sp³-hybridized carbons (Fsp3) is 1.00. The lowest BCUT2D eigenvalue weighted by Crippen LogP contribution is -1.95. The van der Waals surface area contributed by atoms with Gasteiger partial charge in [-0.15, -0.1) is 0 Å². The molecule has 2 heteroatoms. The molecule has 0 saturated heterocycles. The Hall–Kier alpha value is -0.0800. The third-order valence-corrected chi connectivity index (χ3v) is 0.550. The zero-order valence-corrected chi connectivity index (χ0v) is 4.94. The summed E-state index contributed by atoms with van der Waals surface area (Å²) in [5.41, 5.74) is 0. The van der Waals surface area contributed by atoms with Crippen LogP contribution < -0.4 is 0 Å². The summed E-state index contributed by atoms with van der Waals surface area (Å²) >= 11 is 0. The van der Waals surface area contributed by atoms with Crippen LogP contribution in [0.25, 0.3) is 0 Å². The van der Waals surface area contributed by atoms with Gasteiger partial charge in [0.1, 0.15) is 6.79 Å². The van der Waals surface area contributed by atoms with Gasteiger partial charge in [0.15, 0.2) is 0 Å². The van der Waals surface area contributed by atoms with Crippen molar-refractivity contribution < 1.29 is 9.47 Å². The molecular weight excluding hydrogens is 116 g/mol. The van der Waals surface area contributed by atoms with E-state index in [4.69, 9.17) is 4.74 Å². The second kappa shape index (κ2) is 15.7. The molecule has 0 atom stereocenters. The summed E-state index contributed by atoms with van der Waals surface area (Å²) < 4.78 is 9.53. The predicted octanol–water partition coefficient (Wildman–Crippen LogP) is 2.29. The molecule has 60 valence electrons. The molecule has 0 radical (unpaired) electrons. The van der Waals surface area contributed by atoms with Gasteiger partial charge in [-0.25, -0.2) is 0 Å². The first-order chi connectivity index (χ1) is 3.41. The Balaban J connectivity index is -0.000000180. The number of hydrogen-bond acceptors (Lipinski definition) is 2. The SMILES string of the molecule is C.C.CCCOCOC. The molecule has 0 fully saturated rings. The van der Waals surface area contributed by atoms with E-state index < -0.39 is 0 Å². The molecule has 9 heavy (non-hydrogen) atoms. The molecule has 0 amide bonds. The molecule has 0 aliphatic heterocycles. The molecule has 0 heterocycles. The van der Waals surface area contributed by atoms with Crippen molar-refractivity contribution in [1.82, 2.24) is 0 Å². The van der Waals surface area contributed by atoms with Crippen LogP contribution in [0.1, 0.15) is 28.2 Å². The molecule has 0 rings (SSSR count). The smallest absolute Gasteiger partial charge is 0.146 e.